The predicted octanol–water partition coefficient (Wildman–Crippen LogP) is 1.47. The van der Waals surface area contributed by atoms with Crippen molar-refractivity contribution in [1.29, 1.82) is 0 Å². The summed E-state index contributed by atoms with van der Waals surface area (Å²) in [6.45, 7) is 4.26. The molecule has 0 aliphatic rings. The van der Waals surface area contributed by atoms with Crippen LogP contribution in [0, 0.1) is 5.92 Å². The van der Waals surface area contributed by atoms with Crippen molar-refractivity contribution < 1.29 is 8.42 Å². The van der Waals surface area contributed by atoms with Gasteiger partial charge < -0.3 is 0 Å². The van der Waals surface area contributed by atoms with Crippen LogP contribution in [0.15, 0.2) is 24.3 Å². The number of anilines is 1. The van der Waals surface area contributed by atoms with Crippen LogP contribution in [0.4, 0.5) is 5.82 Å². The van der Waals surface area contributed by atoms with E-state index in [2.05, 4.69) is 19.6 Å². The van der Waals surface area contributed by atoms with Gasteiger partial charge in [0.25, 0.3) is 10.2 Å². The smallest absolute Gasteiger partial charge is 0.276 e. The number of rotatable bonds is 5. The SMILES string of the molecule is CC(C)CNS(=O)(=O)Nc1n[nH]c2ccccc12. The Labute approximate surface area is 106 Å². The lowest BCUT2D eigenvalue weighted by Crippen LogP contribution is -2.33. The first-order valence-electron chi connectivity index (χ1n) is 5.68. The van der Waals surface area contributed by atoms with Gasteiger partial charge in [0, 0.05) is 11.9 Å². The molecule has 0 bridgehead atoms. The third kappa shape index (κ3) is 2.99. The summed E-state index contributed by atoms with van der Waals surface area (Å²) in [4.78, 5) is 0. The van der Waals surface area contributed by atoms with Crippen molar-refractivity contribution in [3.8, 4) is 0 Å². The van der Waals surface area contributed by atoms with E-state index < -0.39 is 10.2 Å². The summed E-state index contributed by atoms with van der Waals surface area (Å²) in [5.41, 5.74) is 0.791. The molecule has 0 aliphatic carbocycles. The first-order chi connectivity index (χ1) is 8.48. The highest BCUT2D eigenvalue weighted by Gasteiger charge is 2.14. The largest absolute Gasteiger partial charge is 0.300 e. The molecule has 0 saturated carbocycles. The van der Waals surface area contributed by atoms with Gasteiger partial charge in [-0.05, 0) is 18.1 Å². The van der Waals surface area contributed by atoms with E-state index in [9.17, 15) is 8.42 Å². The molecular formula is C11H16N4O2S. The fourth-order valence-electron chi connectivity index (χ4n) is 1.48. The van der Waals surface area contributed by atoms with Gasteiger partial charge in [-0.25, -0.2) is 0 Å². The van der Waals surface area contributed by atoms with Gasteiger partial charge in [-0.2, -0.15) is 18.2 Å². The molecule has 3 N–H and O–H groups in total. The lowest BCUT2D eigenvalue weighted by Gasteiger charge is -2.09. The molecule has 0 spiro atoms. The molecule has 1 aromatic heterocycles. The maximum Gasteiger partial charge on any atom is 0.300 e. The van der Waals surface area contributed by atoms with Crippen molar-refractivity contribution >= 4 is 26.9 Å². The Kier molecular flexibility index (Phi) is 3.53. The Morgan fingerprint density at radius 2 is 2.06 bits per heavy atom. The molecule has 0 unspecified atom stereocenters. The quantitative estimate of drug-likeness (QED) is 0.767. The van der Waals surface area contributed by atoms with Crippen molar-refractivity contribution in [1.82, 2.24) is 14.9 Å². The third-order valence-corrected chi connectivity index (χ3v) is 3.39. The van der Waals surface area contributed by atoms with Crippen LogP contribution in [0.3, 0.4) is 0 Å². The lowest BCUT2D eigenvalue weighted by molar-refractivity contribution is 0.564. The Bertz CT molecular complexity index is 633. The number of para-hydroxylation sites is 1. The number of H-pyrrole nitrogens is 1. The molecule has 2 aromatic rings. The van der Waals surface area contributed by atoms with Gasteiger partial charge in [0.05, 0.1) is 5.52 Å². The van der Waals surface area contributed by atoms with Crippen molar-refractivity contribution in [3.05, 3.63) is 24.3 Å². The van der Waals surface area contributed by atoms with Crippen LogP contribution in [0.5, 0.6) is 0 Å². The van der Waals surface area contributed by atoms with Crippen LogP contribution in [0.1, 0.15) is 13.8 Å². The average molecular weight is 268 g/mol. The van der Waals surface area contributed by atoms with Gasteiger partial charge in [0.2, 0.25) is 0 Å². The van der Waals surface area contributed by atoms with Gasteiger partial charge in [-0.15, -0.1) is 0 Å². The fourth-order valence-corrected chi connectivity index (χ4v) is 2.52. The molecule has 1 aromatic carbocycles. The second-order valence-electron chi connectivity index (χ2n) is 4.47. The molecular weight excluding hydrogens is 252 g/mol. The molecule has 0 saturated heterocycles. The lowest BCUT2D eigenvalue weighted by atomic mass is 10.2. The van der Waals surface area contributed by atoms with Crippen molar-refractivity contribution in [3.63, 3.8) is 0 Å². The minimum absolute atomic E-state index is 0.248. The number of aromatic nitrogens is 2. The van der Waals surface area contributed by atoms with E-state index in [1.54, 1.807) is 6.07 Å². The summed E-state index contributed by atoms with van der Waals surface area (Å²) in [6, 6.07) is 7.33. The predicted molar refractivity (Wildman–Crippen MR) is 71.5 cm³/mol. The number of hydrogen-bond donors (Lipinski definition) is 3. The highest BCUT2D eigenvalue weighted by molar-refractivity contribution is 7.90. The van der Waals surface area contributed by atoms with Crippen LogP contribution in [0.25, 0.3) is 10.9 Å². The second-order valence-corrected chi connectivity index (χ2v) is 5.97. The van der Waals surface area contributed by atoms with E-state index >= 15 is 0 Å². The Balaban J connectivity index is 2.18. The first kappa shape index (κ1) is 12.8. The Morgan fingerprint density at radius 1 is 1.33 bits per heavy atom. The molecule has 18 heavy (non-hydrogen) atoms. The summed E-state index contributed by atoms with van der Waals surface area (Å²) in [6.07, 6.45) is 0. The van der Waals surface area contributed by atoms with Gasteiger partial charge in [0.1, 0.15) is 0 Å². The van der Waals surface area contributed by atoms with Crippen LogP contribution in [-0.4, -0.2) is 25.2 Å². The standard InChI is InChI=1S/C11H16N4O2S/c1-8(2)7-12-18(16,17)15-11-9-5-3-4-6-10(9)13-14-11/h3-6,8,12H,7H2,1-2H3,(H2,13,14,15). The van der Waals surface area contributed by atoms with Gasteiger partial charge in [-0.1, -0.05) is 26.0 Å². The van der Waals surface area contributed by atoms with E-state index in [-0.39, 0.29) is 5.92 Å². The van der Waals surface area contributed by atoms with Gasteiger partial charge >= 0.3 is 0 Å². The Morgan fingerprint density at radius 3 is 2.78 bits per heavy atom. The normalized spacial score (nSPS) is 12.2. The number of nitrogens with zero attached hydrogens (tertiary/aromatic N) is 1. The molecule has 0 amide bonds. The van der Waals surface area contributed by atoms with Gasteiger partial charge in [0.15, 0.2) is 5.82 Å². The maximum absolute atomic E-state index is 11.8. The van der Waals surface area contributed by atoms with Crippen molar-refractivity contribution in [2.75, 3.05) is 11.3 Å². The maximum atomic E-state index is 11.8. The molecule has 0 fully saturated rings. The van der Waals surface area contributed by atoms with E-state index in [1.807, 2.05) is 32.0 Å². The molecule has 2 rings (SSSR count). The molecule has 1 heterocycles. The molecule has 0 atom stereocenters. The van der Waals surface area contributed by atoms with E-state index in [0.717, 1.165) is 10.9 Å². The summed E-state index contributed by atoms with van der Waals surface area (Å²) >= 11 is 0. The summed E-state index contributed by atoms with van der Waals surface area (Å²) in [7, 11) is -3.57. The number of aromatic amines is 1. The summed E-state index contributed by atoms with van der Waals surface area (Å²) < 4.78 is 28.4. The zero-order valence-corrected chi connectivity index (χ0v) is 11.1. The number of nitrogens with one attached hydrogen (secondary N) is 3. The number of benzene rings is 1. The van der Waals surface area contributed by atoms with Crippen molar-refractivity contribution in [2.45, 2.75) is 13.8 Å². The van der Waals surface area contributed by atoms with Gasteiger partial charge in [-0.3, -0.25) is 9.82 Å². The van der Waals surface area contributed by atoms with E-state index in [1.165, 1.54) is 0 Å². The zero-order chi connectivity index (χ0) is 13.2. The highest BCUT2D eigenvalue weighted by Crippen LogP contribution is 2.20. The van der Waals surface area contributed by atoms with Crippen LogP contribution in [0.2, 0.25) is 0 Å². The molecule has 7 heteroatoms. The van der Waals surface area contributed by atoms with E-state index in [4.69, 9.17) is 0 Å². The molecule has 0 aliphatic heterocycles. The monoisotopic (exact) mass is 268 g/mol. The molecule has 6 nitrogen and oxygen atoms in total. The third-order valence-electron chi connectivity index (χ3n) is 2.38. The Hall–Kier alpha value is -1.60. The number of fused-ring (bicyclic) bond motifs is 1. The average Bonchev–Trinajstić information content (AvgIpc) is 2.70. The minimum Gasteiger partial charge on any atom is -0.276 e. The second kappa shape index (κ2) is 4.95. The van der Waals surface area contributed by atoms with Crippen LogP contribution >= 0.6 is 0 Å². The van der Waals surface area contributed by atoms with E-state index in [0.29, 0.717) is 12.4 Å². The number of hydrogen-bond acceptors (Lipinski definition) is 3. The molecule has 0 radical (unpaired) electrons. The van der Waals surface area contributed by atoms with Crippen LogP contribution < -0.4 is 9.44 Å². The molecule has 98 valence electrons. The zero-order valence-electron chi connectivity index (χ0n) is 10.3. The minimum atomic E-state index is -3.57. The fraction of sp³-hybridized carbons (Fsp3) is 0.364. The first-order valence-corrected chi connectivity index (χ1v) is 7.17. The summed E-state index contributed by atoms with van der Waals surface area (Å²) in [5.74, 6) is 0.555. The summed E-state index contributed by atoms with van der Waals surface area (Å²) in [5, 5.41) is 7.47. The highest BCUT2D eigenvalue weighted by atomic mass is 32.2. The van der Waals surface area contributed by atoms with Crippen LogP contribution in [-0.2, 0) is 10.2 Å². The van der Waals surface area contributed by atoms with Crippen molar-refractivity contribution in [2.24, 2.45) is 5.92 Å². The topological polar surface area (TPSA) is 86.9 Å².